The fourth-order valence-electron chi connectivity index (χ4n) is 1.59. The van der Waals surface area contributed by atoms with Crippen LogP contribution in [0.25, 0.3) is 6.08 Å². The van der Waals surface area contributed by atoms with Crippen LogP contribution in [0.15, 0.2) is 20.8 Å². The number of ether oxygens (including phenoxy) is 2. The molecule has 0 amide bonds. The fraction of sp³-hybridized carbons (Fsp3) is 0.400. The average Bonchev–Trinajstić information content (AvgIpc) is 2.81. The molecule has 0 spiro atoms. The van der Waals surface area contributed by atoms with Gasteiger partial charge < -0.3 is 14.6 Å². The summed E-state index contributed by atoms with van der Waals surface area (Å²) in [6.07, 6.45) is 1.49. The van der Waals surface area contributed by atoms with Gasteiger partial charge in [-0.05, 0) is 11.1 Å². The molecule has 7 nitrogen and oxygen atoms in total. The molecule has 1 aromatic rings. The van der Waals surface area contributed by atoms with E-state index in [2.05, 4.69) is 20.9 Å². The molecule has 98 valence electrons. The molecule has 2 heterocycles. The monoisotopic (exact) mass is 318 g/mol. The van der Waals surface area contributed by atoms with Crippen LogP contribution >= 0.6 is 15.9 Å². The van der Waals surface area contributed by atoms with E-state index in [0.29, 0.717) is 5.56 Å². The Hall–Kier alpha value is -1.22. The van der Waals surface area contributed by atoms with Gasteiger partial charge in [0.2, 0.25) is 0 Å². The van der Waals surface area contributed by atoms with Crippen LogP contribution < -0.4 is 11.2 Å². The summed E-state index contributed by atoms with van der Waals surface area (Å²) in [4.78, 5) is 26.8. The van der Waals surface area contributed by atoms with Gasteiger partial charge in [-0.25, -0.2) is 4.79 Å². The van der Waals surface area contributed by atoms with Crippen LogP contribution in [0.5, 0.6) is 0 Å². The highest BCUT2D eigenvalue weighted by atomic mass is 79.9. The molecule has 0 aromatic carbocycles. The van der Waals surface area contributed by atoms with Crippen LogP contribution in [0.3, 0.4) is 0 Å². The first kappa shape index (κ1) is 13.2. The first-order valence-corrected chi connectivity index (χ1v) is 6.07. The maximum absolute atomic E-state index is 11.7. The van der Waals surface area contributed by atoms with E-state index in [1.807, 2.05) is 0 Å². The van der Waals surface area contributed by atoms with Crippen molar-refractivity contribution in [3.8, 4) is 0 Å². The molecule has 18 heavy (non-hydrogen) atoms. The third kappa shape index (κ3) is 2.61. The van der Waals surface area contributed by atoms with Gasteiger partial charge in [0, 0.05) is 6.20 Å². The smallest absolute Gasteiger partial charge is 0.330 e. The minimum absolute atomic E-state index is 0.134. The summed E-state index contributed by atoms with van der Waals surface area (Å²) < 4.78 is 11.6. The molecule has 8 heteroatoms. The number of aliphatic hydroxyl groups excluding tert-OH is 1. The third-order valence-corrected chi connectivity index (χ3v) is 2.70. The van der Waals surface area contributed by atoms with Gasteiger partial charge in [-0.1, -0.05) is 15.9 Å². The number of aliphatic hydroxyl groups is 1. The molecule has 0 saturated carbocycles. The number of hydrogen-bond acceptors (Lipinski definition) is 5. The van der Waals surface area contributed by atoms with Crippen molar-refractivity contribution in [2.75, 3.05) is 13.2 Å². The molecule has 2 N–H and O–H groups in total. The zero-order valence-corrected chi connectivity index (χ0v) is 10.8. The van der Waals surface area contributed by atoms with E-state index >= 15 is 0 Å². The number of aromatic amines is 1. The Morgan fingerprint density at radius 1 is 1.61 bits per heavy atom. The zero-order valence-electron chi connectivity index (χ0n) is 9.21. The molecule has 0 radical (unpaired) electrons. The van der Waals surface area contributed by atoms with E-state index < -0.39 is 23.8 Å². The predicted molar refractivity (Wildman–Crippen MR) is 66.2 cm³/mol. The summed E-state index contributed by atoms with van der Waals surface area (Å²) in [7, 11) is 0. The Kier molecular flexibility index (Phi) is 4.12. The molecule has 2 atom stereocenters. The maximum Gasteiger partial charge on any atom is 0.330 e. The summed E-state index contributed by atoms with van der Waals surface area (Å²) >= 11 is 3.06. The summed E-state index contributed by atoms with van der Waals surface area (Å²) in [5.74, 6) is 0. The molecule has 1 aromatic heterocycles. The summed E-state index contributed by atoms with van der Waals surface area (Å²) in [6.45, 7) is -0.155. The summed E-state index contributed by atoms with van der Waals surface area (Å²) in [6, 6.07) is 0. The second kappa shape index (κ2) is 5.61. The largest absolute Gasteiger partial charge is 0.391 e. The van der Waals surface area contributed by atoms with Crippen molar-refractivity contribution in [1.82, 2.24) is 9.55 Å². The quantitative estimate of drug-likeness (QED) is 0.802. The number of rotatable bonds is 3. The fourth-order valence-corrected chi connectivity index (χ4v) is 1.87. The van der Waals surface area contributed by atoms with Crippen molar-refractivity contribution in [2.24, 2.45) is 0 Å². The first-order chi connectivity index (χ1) is 8.65. The topological polar surface area (TPSA) is 93.6 Å². The number of H-pyrrole nitrogens is 1. The Balaban J connectivity index is 2.36. The van der Waals surface area contributed by atoms with Gasteiger partial charge in [0.05, 0.1) is 18.8 Å². The van der Waals surface area contributed by atoms with Gasteiger partial charge in [0.15, 0.2) is 12.5 Å². The highest BCUT2D eigenvalue weighted by molar-refractivity contribution is 9.11. The van der Waals surface area contributed by atoms with E-state index in [4.69, 9.17) is 14.6 Å². The van der Waals surface area contributed by atoms with Crippen molar-refractivity contribution in [3.63, 3.8) is 0 Å². The molecule has 1 saturated heterocycles. The molecule has 0 bridgehead atoms. The Morgan fingerprint density at radius 3 is 3.00 bits per heavy atom. The molecule has 2 rings (SSSR count). The molecule has 1 aliphatic rings. The summed E-state index contributed by atoms with van der Waals surface area (Å²) in [5.41, 5.74) is -0.758. The Morgan fingerprint density at radius 2 is 2.39 bits per heavy atom. The van der Waals surface area contributed by atoms with Crippen LogP contribution in [-0.4, -0.2) is 34.2 Å². The highest BCUT2D eigenvalue weighted by Crippen LogP contribution is 2.18. The van der Waals surface area contributed by atoms with Crippen molar-refractivity contribution >= 4 is 22.0 Å². The normalized spacial score (nSPS) is 23.9. The van der Waals surface area contributed by atoms with Crippen LogP contribution in [0.2, 0.25) is 0 Å². The molecule has 0 aliphatic carbocycles. The average molecular weight is 319 g/mol. The van der Waals surface area contributed by atoms with Gasteiger partial charge >= 0.3 is 5.69 Å². The molecule has 1 fully saturated rings. The number of halogens is 1. The van der Waals surface area contributed by atoms with E-state index in [1.54, 1.807) is 0 Å². The SMILES string of the molecule is O=c1[nH]c(=O)n([C@H]2CO[C@@H](CO)O2)cc1/C=C/Br. The minimum Gasteiger partial charge on any atom is -0.391 e. The summed E-state index contributed by atoms with van der Waals surface area (Å²) in [5, 5.41) is 8.87. The second-order valence-electron chi connectivity index (χ2n) is 3.58. The lowest BCUT2D eigenvalue weighted by molar-refractivity contribution is -0.0993. The van der Waals surface area contributed by atoms with E-state index in [1.165, 1.54) is 21.8 Å². The lowest BCUT2D eigenvalue weighted by atomic mass is 10.3. The van der Waals surface area contributed by atoms with Crippen molar-refractivity contribution in [3.05, 3.63) is 37.6 Å². The van der Waals surface area contributed by atoms with Crippen molar-refractivity contribution in [1.29, 1.82) is 0 Å². The van der Waals surface area contributed by atoms with Gasteiger partial charge in [0.1, 0.15) is 0 Å². The number of hydrogen-bond donors (Lipinski definition) is 2. The van der Waals surface area contributed by atoms with Crippen molar-refractivity contribution < 1.29 is 14.6 Å². The maximum atomic E-state index is 11.7. The van der Waals surface area contributed by atoms with E-state index in [0.717, 1.165) is 0 Å². The third-order valence-electron chi connectivity index (χ3n) is 2.43. The Labute approximate surface area is 110 Å². The molecular weight excluding hydrogens is 308 g/mol. The van der Waals surface area contributed by atoms with Gasteiger partial charge in [0.25, 0.3) is 5.56 Å². The van der Waals surface area contributed by atoms with Crippen molar-refractivity contribution in [2.45, 2.75) is 12.5 Å². The number of aromatic nitrogens is 2. The highest BCUT2D eigenvalue weighted by Gasteiger charge is 2.27. The second-order valence-corrected chi connectivity index (χ2v) is 4.11. The van der Waals surface area contributed by atoms with Crippen LogP contribution in [-0.2, 0) is 9.47 Å². The van der Waals surface area contributed by atoms with Gasteiger partial charge in [-0.15, -0.1) is 0 Å². The molecular formula is C10H11BrN2O5. The van der Waals surface area contributed by atoms with Gasteiger partial charge in [-0.2, -0.15) is 0 Å². The minimum atomic E-state index is -0.746. The molecule has 0 unspecified atom stereocenters. The van der Waals surface area contributed by atoms with Gasteiger partial charge in [-0.3, -0.25) is 14.3 Å². The Bertz CT molecular complexity index is 564. The zero-order chi connectivity index (χ0) is 13.1. The van der Waals surface area contributed by atoms with Crippen LogP contribution in [0.4, 0.5) is 0 Å². The van der Waals surface area contributed by atoms with E-state index in [-0.39, 0.29) is 13.2 Å². The standard InChI is InChI=1S/C10H11BrN2O5/c11-2-1-6-3-13(10(16)12-9(6)15)7-5-17-8(4-14)18-7/h1-3,7-8,14H,4-5H2,(H,12,15,16)/b2-1+/t7-,8-/m1/s1. The first-order valence-electron chi connectivity index (χ1n) is 5.16. The lowest BCUT2D eigenvalue weighted by Crippen LogP contribution is -2.34. The number of nitrogens with zero attached hydrogens (tertiary/aromatic N) is 1. The molecule has 1 aliphatic heterocycles. The van der Waals surface area contributed by atoms with E-state index in [9.17, 15) is 9.59 Å². The number of nitrogens with one attached hydrogen (secondary N) is 1. The lowest BCUT2D eigenvalue weighted by Gasteiger charge is -2.12. The van der Waals surface area contributed by atoms with Crippen LogP contribution in [0.1, 0.15) is 11.8 Å². The van der Waals surface area contributed by atoms with Crippen LogP contribution in [0, 0.1) is 0 Å². The predicted octanol–water partition coefficient (Wildman–Crippen LogP) is -0.234.